The molecule has 0 aliphatic carbocycles. The Bertz CT molecular complexity index is 2420. The van der Waals surface area contributed by atoms with E-state index in [9.17, 15) is 0 Å². The van der Waals surface area contributed by atoms with Gasteiger partial charge in [-0.1, -0.05) is 92.6 Å². The van der Waals surface area contributed by atoms with Gasteiger partial charge in [-0.15, -0.1) is 0 Å². The fourth-order valence-corrected chi connectivity index (χ4v) is 8.16. The molecule has 0 N–H and O–H groups in total. The van der Waals surface area contributed by atoms with Crippen molar-refractivity contribution >= 4 is 21.8 Å². The second-order valence-electron chi connectivity index (χ2n) is 17.0. The van der Waals surface area contributed by atoms with Crippen molar-refractivity contribution in [1.29, 1.82) is 0 Å². The van der Waals surface area contributed by atoms with Crippen LogP contribution in [0.5, 0.6) is 11.5 Å². The summed E-state index contributed by atoms with van der Waals surface area (Å²) >= 11 is 0. The van der Waals surface area contributed by atoms with Crippen LogP contribution in [0.15, 0.2) is 104 Å². The zero-order valence-electron chi connectivity index (χ0n) is 33.2. The maximum Gasteiger partial charge on any atom is 0.137 e. The minimum atomic E-state index is -0.0301. The second kappa shape index (κ2) is 14.3. The number of hydrogen-bond donors (Lipinski definition) is 0. The Morgan fingerprint density at radius 3 is 2.15 bits per heavy atom. The van der Waals surface area contributed by atoms with Crippen LogP contribution >= 0.6 is 0 Å². The molecule has 0 amide bonds. The highest BCUT2D eigenvalue weighted by molar-refractivity contribution is 6.09. The van der Waals surface area contributed by atoms with Gasteiger partial charge in [-0.2, -0.15) is 5.10 Å². The van der Waals surface area contributed by atoms with Crippen molar-refractivity contribution < 1.29 is 4.74 Å². The number of fused-ring (bicyclic) bond motifs is 3. The number of benzene rings is 4. The third-order valence-corrected chi connectivity index (χ3v) is 10.1. The van der Waals surface area contributed by atoms with Crippen molar-refractivity contribution in [3.8, 4) is 34.1 Å². The Kier molecular flexibility index (Phi) is 9.80. The average Bonchev–Trinajstić information content (AvgIpc) is 3.70. The van der Waals surface area contributed by atoms with Crippen LogP contribution in [-0.2, 0) is 18.3 Å². The molecule has 0 aliphatic rings. The highest BCUT2D eigenvalue weighted by atomic mass is 16.5. The Morgan fingerprint density at radius 1 is 0.717 bits per heavy atom. The van der Waals surface area contributed by atoms with Crippen LogP contribution in [0, 0.1) is 18.8 Å². The van der Waals surface area contributed by atoms with Gasteiger partial charge in [-0.05, 0) is 119 Å². The van der Waals surface area contributed by atoms with Gasteiger partial charge in [0.15, 0.2) is 0 Å². The normalized spacial score (nSPS) is 12.2. The molecule has 7 rings (SSSR count). The standard InChI is InChI=1S/C48H54N4O/c1-30(2)22-34-25-35(23-31(3)4)47(48(8,9)10)46(45(34)32(5)6)36-28-50-51(29-36)37-14-13-15-38(26-37)53-39-18-19-41-40-16-11-12-17-42(40)52(43(41)27-39)44-24-33(7)20-21-49-44/h11-21,24-32H,22-23H2,1-10H3. The van der Waals surface area contributed by atoms with E-state index in [1.807, 2.05) is 29.1 Å². The molecule has 0 atom stereocenters. The van der Waals surface area contributed by atoms with Crippen LogP contribution in [0.1, 0.15) is 96.0 Å². The lowest BCUT2D eigenvalue weighted by Crippen LogP contribution is -2.20. The predicted molar refractivity (Wildman–Crippen MR) is 222 cm³/mol. The van der Waals surface area contributed by atoms with E-state index in [0.29, 0.717) is 17.8 Å². The summed E-state index contributed by atoms with van der Waals surface area (Å²) in [4.78, 5) is 4.75. The van der Waals surface area contributed by atoms with E-state index in [0.717, 1.165) is 46.9 Å². The van der Waals surface area contributed by atoms with Gasteiger partial charge in [0.05, 0.1) is 22.9 Å². The van der Waals surface area contributed by atoms with Gasteiger partial charge < -0.3 is 4.74 Å². The minimum absolute atomic E-state index is 0.0301. The summed E-state index contributed by atoms with van der Waals surface area (Å²) < 4.78 is 10.8. The van der Waals surface area contributed by atoms with Crippen molar-refractivity contribution in [2.24, 2.45) is 11.8 Å². The van der Waals surface area contributed by atoms with E-state index in [-0.39, 0.29) is 5.41 Å². The number of ether oxygens (including phenoxy) is 1. The van der Waals surface area contributed by atoms with Crippen LogP contribution in [0.4, 0.5) is 0 Å². The highest BCUT2D eigenvalue weighted by Crippen LogP contribution is 2.44. The molecule has 0 saturated heterocycles. The molecule has 0 spiro atoms. The van der Waals surface area contributed by atoms with Gasteiger partial charge >= 0.3 is 0 Å². The number of hydrogen-bond acceptors (Lipinski definition) is 3. The van der Waals surface area contributed by atoms with Crippen molar-refractivity contribution in [3.05, 3.63) is 131 Å². The third kappa shape index (κ3) is 7.27. The summed E-state index contributed by atoms with van der Waals surface area (Å²) in [5.74, 6) is 3.93. The van der Waals surface area contributed by atoms with E-state index < -0.39 is 0 Å². The minimum Gasteiger partial charge on any atom is -0.457 e. The highest BCUT2D eigenvalue weighted by Gasteiger charge is 2.29. The van der Waals surface area contributed by atoms with Gasteiger partial charge in [0.1, 0.15) is 17.3 Å². The Balaban J connectivity index is 1.29. The molecule has 0 fully saturated rings. The number of rotatable bonds is 10. The Morgan fingerprint density at radius 2 is 1.43 bits per heavy atom. The first-order chi connectivity index (χ1) is 25.3. The molecule has 7 aromatic rings. The molecular formula is C48H54N4O. The largest absolute Gasteiger partial charge is 0.457 e. The molecule has 5 nitrogen and oxygen atoms in total. The summed E-state index contributed by atoms with van der Waals surface area (Å²) in [6, 6.07) is 29.8. The lowest BCUT2D eigenvalue weighted by Gasteiger charge is -2.32. The van der Waals surface area contributed by atoms with Crippen LogP contribution in [0.2, 0.25) is 0 Å². The summed E-state index contributed by atoms with van der Waals surface area (Å²) in [7, 11) is 0. The lowest BCUT2D eigenvalue weighted by atomic mass is 9.72. The smallest absolute Gasteiger partial charge is 0.137 e. The van der Waals surface area contributed by atoms with Gasteiger partial charge in [-0.25, -0.2) is 9.67 Å². The van der Waals surface area contributed by atoms with E-state index in [4.69, 9.17) is 14.8 Å². The van der Waals surface area contributed by atoms with E-state index >= 15 is 0 Å². The molecule has 0 aliphatic heterocycles. The molecule has 3 aromatic heterocycles. The number of aromatic nitrogens is 4. The second-order valence-corrected chi connectivity index (χ2v) is 17.0. The monoisotopic (exact) mass is 702 g/mol. The van der Waals surface area contributed by atoms with Crippen molar-refractivity contribution in [3.63, 3.8) is 0 Å². The predicted octanol–water partition coefficient (Wildman–Crippen LogP) is 13.0. The van der Waals surface area contributed by atoms with Crippen LogP contribution in [-0.4, -0.2) is 19.3 Å². The maximum atomic E-state index is 6.60. The molecular weight excluding hydrogens is 649 g/mol. The number of aryl methyl sites for hydroxylation is 1. The van der Waals surface area contributed by atoms with E-state index in [2.05, 4.69) is 153 Å². The molecule has 0 unspecified atom stereocenters. The topological polar surface area (TPSA) is 44.9 Å². The molecule has 0 bridgehead atoms. The molecule has 0 saturated carbocycles. The van der Waals surface area contributed by atoms with Crippen molar-refractivity contribution in [2.75, 3.05) is 0 Å². The first kappa shape index (κ1) is 36.2. The average molecular weight is 703 g/mol. The molecule has 4 aromatic carbocycles. The molecule has 53 heavy (non-hydrogen) atoms. The maximum absolute atomic E-state index is 6.60. The Labute approximate surface area is 315 Å². The first-order valence-electron chi connectivity index (χ1n) is 19.3. The first-order valence-corrected chi connectivity index (χ1v) is 19.3. The summed E-state index contributed by atoms with van der Waals surface area (Å²) in [6.45, 7) is 23.2. The Hall–Kier alpha value is -5.16. The summed E-state index contributed by atoms with van der Waals surface area (Å²) in [5.41, 5.74) is 12.7. The van der Waals surface area contributed by atoms with Gasteiger partial charge in [0.2, 0.25) is 0 Å². The third-order valence-electron chi connectivity index (χ3n) is 10.1. The van der Waals surface area contributed by atoms with Gasteiger partial charge in [-0.3, -0.25) is 4.57 Å². The van der Waals surface area contributed by atoms with Crippen LogP contribution in [0.3, 0.4) is 0 Å². The van der Waals surface area contributed by atoms with E-state index in [1.54, 1.807) is 0 Å². The van der Waals surface area contributed by atoms with Crippen molar-refractivity contribution in [2.45, 2.75) is 93.4 Å². The van der Waals surface area contributed by atoms with Gasteiger partial charge in [0, 0.05) is 40.9 Å². The summed E-state index contributed by atoms with van der Waals surface area (Å²) in [6.07, 6.45) is 8.28. The summed E-state index contributed by atoms with van der Waals surface area (Å²) in [5, 5.41) is 7.34. The SMILES string of the molecule is Cc1ccnc(-n2c3ccccc3c3ccc(Oc4cccc(-n5cc(-c6c(C(C)C)c(CC(C)C)cc(CC(C)C)c6C(C)(C)C)cn5)c4)cc32)c1. The molecule has 0 radical (unpaired) electrons. The number of nitrogens with zero attached hydrogens (tertiary/aromatic N) is 4. The molecule has 272 valence electrons. The van der Waals surface area contributed by atoms with Crippen LogP contribution < -0.4 is 4.74 Å². The lowest BCUT2D eigenvalue weighted by molar-refractivity contribution is 0.483. The zero-order chi connectivity index (χ0) is 37.6. The number of pyridine rings is 1. The fraction of sp³-hybridized carbons (Fsp3) is 0.333. The van der Waals surface area contributed by atoms with Crippen molar-refractivity contribution in [1.82, 2.24) is 19.3 Å². The van der Waals surface area contributed by atoms with Gasteiger partial charge in [0.25, 0.3) is 0 Å². The quantitative estimate of drug-likeness (QED) is 0.142. The zero-order valence-corrected chi connectivity index (χ0v) is 33.2. The molecule has 5 heteroatoms. The van der Waals surface area contributed by atoms with E-state index in [1.165, 1.54) is 49.7 Å². The fourth-order valence-electron chi connectivity index (χ4n) is 8.16. The molecule has 3 heterocycles. The van der Waals surface area contributed by atoms with Crippen LogP contribution in [0.25, 0.3) is 44.4 Å². The number of para-hydroxylation sites is 1.